The number of anilines is 2. The van der Waals surface area contributed by atoms with Crippen molar-refractivity contribution < 1.29 is 0 Å². The monoisotopic (exact) mass is 507 g/mol. The van der Waals surface area contributed by atoms with Gasteiger partial charge in [-0.25, -0.2) is 0 Å². The van der Waals surface area contributed by atoms with E-state index in [-0.39, 0.29) is 6.98 Å². The highest BCUT2D eigenvalue weighted by molar-refractivity contribution is 6.82. The van der Waals surface area contributed by atoms with Gasteiger partial charge in [0, 0.05) is 44.0 Å². The van der Waals surface area contributed by atoms with E-state index in [2.05, 4.69) is 147 Å². The van der Waals surface area contributed by atoms with Gasteiger partial charge in [0.2, 0.25) is 0 Å². The molecule has 3 nitrogen and oxygen atoms in total. The van der Waals surface area contributed by atoms with E-state index in [1.165, 1.54) is 77.3 Å². The van der Waals surface area contributed by atoms with Crippen molar-refractivity contribution in [3.05, 3.63) is 133 Å². The number of hydrogen-bond acceptors (Lipinski definition) is 1. The van der Waals surface area contributed by atoms with Gasteiger partial charge >= 0.3 is 6.98 Å². The number of rotatable bonds is 1. The van der Waals surface area contributed by atoms with Gasteiger partial charge in [-0.1, -0.05) is 84.9 Å². The summed E-state index contributed by atoms with van der Waals surface area (Å²) in [6.45, 7) is 0.0383. The molecule has 6 aromatic carbocycles. The molecule has 0 aliphatic carbocycles. The molecular formula is C36H22BN3. The second-order valence-electron chi connectivity index (χ2n) is 11.0. The first-order chi connectivity index (χ1) is 19.9. The van der Waals surface area contributed by atoms with Crippen molar-refractivity contribution in [3.8, 4) is 16.8 Å². The van der Waals surface area contributed by atoms with Crippen LogP contribution in [0.4, 0.5) is 11.4 Å². The summed E-state index contributed by atoms with van der Waals surface area (Å²) in [6.07, 6.45) is 0. The van der Waals surface area contributed by atoms with Gasteiger partial charge in [-0.3, -0.25) is 0 Å². The van der Waals surface area contributed by atoms with Crippen LogP contribution in [0.15, 0.2) is 133 Å². The molecule has 4 heteroatoms. The van der Waals surface area contributed by atoms with E-state index in [0.29, 0.717) is 0 Å². The van der Waals surface area contributed by atoms with Crippen molar-refractivity contribution in [2.75, 3.05) is 4.81 Å². The lowest BCUT2D eigenvalue weighted by Crippen LogP contribution is -2.51. The first-order valence-corrected chi connectivity index (χ1v) is 13.9. The van der Waals surface area contributed by atoms with Crippen LogP contribution in [0.2, 0.25) is 0 Å². The molecule has 2 aromatic heterocycles. The zero-order valence-electron chi connectivity index (χ0n) is 21.6. The van der Waals surface area contributed by atoms with Crippen molar-refractivity contribution in [2.45, 2.75) is 0 Å². The molecule has 4 heterocycles. The summed E-state index contributed by atoms with van der Waals surface area (Å²) >= 11 is 0. The Labute approximate surface area is 231 Å². The molecule has 0 spiro atoms. The minimum Gasteiger partial charge on any atom is -0.359 e. The van der Waals surface area contributed by atoms with Crippen LogP contribution >= 0.6 is 0 Å². The average molecular weight is 507 g/mol. The normalized spacial score (nSPS) is 13.4. The van der Waals surface area contributed by atoms with Crippen molar-refractivity contribution in [3.63, 3.8) is 0 Å². The maximum Gasteiger partial charge on any atom is 0.421 e. The molecule has 0 saturated heterocycles. The predicted molar refractivity (Wildman–Crippen MR) is 169 cm³/mol. The van der Waals surface area contributed by atoms with Crippen molar-refractivity contribution in [2.24, 2.45) is 0 Å². The number of aromatic nitrogens is 2. The third-order valence-corrected chi connectivity index (χ3v) is 9.05. The van der Waals surface area contributed by atoms with Crippen molar-refractivity contribution >= 4 is 67.4 Å². The van der Waals surface area contributed by atoms with E-state index in [9.17, 15) is 0 Å². The summed E-state index contributed by atoms with van der Waals surface area (Å²) in [4.78, 5) is 2.56. The summed E-state index contributed by atoms with van der Waals surface area (Å²) in [6, 6.07) is 49.1. The SMILES string of the molecule is c1ccc(-n2c3ccccc3c3cc4c(cc32)B2N(c3ccccc3-4)c3cccc4c5ccccc5n2c34)cc1. The summed E-state index contributed by atoms with van der Waals surface area (Å²) in [5.74, 6) is 0. The summed E-state index contributed by atoms with van der Waals surface area (Å²) < 4.78 is 5.01. The van der Waals surface area contributed by atoms with Crippen LogP contribution < -0.4 is 10.3 Å². The average Bonchev–Trinajstić information content (AvgIpc) is 3.66. The number of nitrogens with zero attached hydrogens (tertiary/aromatic N) is 3. The largest absolute Gasteiger partial charge is 0.421 e. The van der Waals surface area contributed by atoms with E-state index < -0.39 is 0 Å². The molecule has 0 bridgehead atoms. The van der Waals surface area contributed by atoms with Gasteiger partial charge in [-0.15, -0.1) is 0 Å². The Morgan fingerprint density at radius 2 is 1.12 bits per heavy atom. The minimum atomic E-state index is 0.0383. The molecule has 0 amide bonds. The van der Waals surface area contributed by atoms with Gasteiger partial charge in [0.1, 0.15) is 0 Å². The molecule has 10 rings (SSSR count). The fourth-order valence-corrected chi connectivity index (χ4v) is 7.51. The molecule has 0 radical (unpaired) electrons. The highest BCUT2D eigenvalue weighted by atomic mass is 15.2. The van der Waals surface area contributed by atoms with Crippen molar-refractivity contribution in [1.29, 1.82) is 0 Å². The standard InChI is InChI=1S/C36H22BN3/c1-2-11-23(12-3-1)38-31-17-7-4-15-26(31)29-21-28-25-14-6-8-18-32(25)39-34-20-10-16-27-24-13-5-9-19-33(24)40(36(27)34)37(39)30(28)22-35(29)38/h1-22H. The summed E-state index contributed by atoms with van der Waals surface area (Å²) in [5.41, 5.74) is 12.8. The van der Waals surface area contributed by atoms with Crippen molar-refractivity contribution in [1.82, 2.24) is 9.05 Å². The van der Waals surface area contributed by atoms with Gasteiger partial charge in [-0.2, -0.15) is 0 Å². The molecule has 0 saturated carbocycles. The van der Waals surface area contributed by atoms with E-state index in [1.54, 1.807) is 0 Å². The first-order valence-electron chi connectivity index (χ1n) is 13.9. The maximum absolute atomic E-state index is 2.58. The van der Waals surface area contributed by atoms with Crippen LogP contribution in [-0.2, 0) is 0 Å². The lowest BCUT2D eigenvalue weighted by Gasteiger charge is -2.34. The lowest BCUT2D eigenvalue weighted by molar-refractivity contribution is 1.18. The van der Waals surface area contributed by atoms with Crippen LogP contribution in [0.5, 0.6) is 0 Å². The van der Waals surface area contributed by atoms with Crippen LogP contribution in [-0.4, -0.2) is 16.0 Å². The molecule has 40 heavy (non-hydrogen) atoms. The van der Waals surface area contributed by atoms with Gasteiger partial charge in [0.15, 0.2) is 0 Å². The molecule has 8 aromatic rings. The second kappa shape index (κ2) is 7.25. The lowest BCUT2D eigenvalue weighted by atomic mass is 9.60. The quantitative estimate of drug-likeness (QED) is 0.204. The molecule has 184 valence electrons. The minimum absolute atomic E-state index is 0.0383. The Balaban J connectivity index is 1.39. The van der Waals surface area contributed by atoms with E-state index in [1.807, 2.05) is 0 Å². The zero-order valence-corrected chi connectivity index (χ0v) is 21.6. The molecule has 0 unspecified atom stereocenters. The topological polar surface area (TPSA) is 13.1 Å². The maximum atomic E-state index is 2.58. The third-order valence-electron chi connectivity index (χ3n) is 9.05. The molecule has 0 fully saturated rings. The molecule has 2 aliphatic rings. The Morgan fingerprint density at radius 1 is 0.450 bits per heavy atom. The summed E-state index contributed by atoms with van der Waals surface area (Å²) in [7, 11) is 0. The highest BCUT2D eigenvalue weighted by Crippen LogP contribution is 2.49. The smallest absolute Gasteiger partial charge is 0.359 e. The Kier molecular flexibility index (Phi) is 3.75. The number of para-hydroxylation sites is 5. The molecule has 2 aliphatic heterocycles. The van der Waals surface area contributed by atoms with E-state index in [0.717, 1.165) is 0 Å². The highest BCUT2D eigenvalue weighted by Gasteiger charge is 2.45. The summed E-state index contributed by atoms with van der Waals surface area (Å²) in [5, 5.41) is 5.21. The van der Waals surface area contributed by atoms with Gasteiger partial charge in [-0.05, 0) is 59.6 Å². The van der Waals surface area contributed by atoms with E-state index >= 15 is 0 Å². The number of benzene rings is 6. The molecule has 0 N–H and O–H groups in total. The van der Waals surface area contributed by atoms with Crippen LogP contribution in [0.1, 0.15) is 0 Å². The van der Waals surface area contributed by atoms with E-state index in [4.69, 9.17) is 0 Å². The van der Waals surface area contributed by atoms with Crippen LogP contribution in [0.3, 0.4) is 0 Å². The second-order valence-corrected chi connectivity index (χ2v) is 11.0. The number of fused-ring (bicyclic) bond motifs is 14. The predicted octanol–water partition coefficient (Wildman–Crippen LogP) is 8.27. The first kappa shape index (κ1) is 20.7. The van der Waals surface area contributed by atoms with Gasteiger partial charge in [0.05, 0.1) is 22.2 Å². The van der Waals surface area contributed by atoms with Gasteiger partial charge in [0.25, 0.3) is 0 Å². The Bertz CT molecular complexity index is 2340. The van der Waals surface area contributed by atoms with Crippen LogP contribution in [0.25, 0.3) is 60.4 Å². The fraction of sp³-hybridized carbons (Fsp3) is 0. The fourth-order valence-electron chi connectivity index (χ4n) is 7.51. The Morgan fingerprint density at radius 3 is 2.00 bits per heavy atom. The Hall–Kier alpha value is -5.22. The van der Waals surface area contributed by atoms with Gasteiger partial charge < -0.3 is 13.9 Å². The zero-order chi connectivity index (χ0) is 25.9. The number of hydrogen-bond donors (Lipinski definition) is 0. The van der Waals surface area contributed by atoms with Crippen LogP contribution in [0, 0.1) is 0 Å². The molecule has 0 atom stereocenters. The third kappa shape index (κ3) is 2.39. The molecular weight excluding hydrogens is 485 g/mol.